The molecule has 26 heavy (non-hydrogen) atoms. The van der Waals surface area contributed by atoms with Crippen LogP contribution < -0.4 is 0 Å². The number of nitrogens with one attached hydrogen (secondary N) is 1. The standard InChI is InChI=1S/C17H16F3N3O3/c1-9-13(15(24)23-7-3-6-12(23)16(25)26)22-14(21-9)10-4-2-5-11(8-10)17(18,19)20/h2,4-5,8,12H,3,6-7H2,1H3,(H,21,22)(H,25,26). The third kappa shape index (κ3) is 3.29. The van der Waals surface area contributed by atoms with E-state index in [1.165, 1.54) is 17.0 Å². The number of aryl methyl sites for hydroxylation is 1. The molecule has 1 fully saturated rings. The summed E-state index contributed by atoms with van der Waals surface area (Å²) in [6.45, 7) is 1.88. The molecule has 1 aliphatic rings. The summed E-state index contributed by atoms with van der Waals surface area (Å²) >= 11 is 0. The van der Waals surface area contributed by atoms with Crippen molar-refractivity contribution in [3.8, 4) is 11.4 Å². The zero-order chi connectivity index (χ0) is 19.1. The number of alkyl halides is 3. The number of H-pyrrole nitrogens is 1. The molecule has 1 aliphatic heterocycles. The van der Waals surface area contributed by atoms with E-state index in [1.807, 2.05) is 0 Å². The number of imidazole rings is 1. The van der Waals surface area contributed by atoms with Gasteiger partial charge < -0.3 is 15.0 Å². The van der Waals surface area contributed by atoms with Crippen molar-refractivity contribution in [1.82, 2.24) is 14.9 Å². The monoisotopic (exact) mass is 367 g/mol. The summed E-state index contributed by atoms with van der Waals surface area (Å²) in [5.74, 6) is -1.49. The van der Waals surface area contributed by atoms with Crippen molar-refractivity contribution in [2.45, 2.75) is 32.0 Å². The number of likely N-dealkylation sites (tertiary alicyclic amines) is 1. The highest BCUT2D eigenvalue weighted by Gasteiger charge is 2.36. The lowest BCUT2D eigenvalue weighted by molar-refractivity contribution is -0.141. The lowest BCUT2D eigenvalue weighted by Crippen LogP contribution is -2.40. The van der Waals surface area contributed by atoms with Gasteiger partial charge in [-0.1, -0.05) is 12.1 Å². The van der Waals surface area contributed by atoms with Crippen LogP contribution in [0.2, 0.25) is 0 Å². The number of rotatable bonds is 3. The Morgan fingerprint density at radius 2 is 2.08 bits per heavy atom. The number of amides is 1. The lowest BCUT2D eigenvalue weighted by Gasteiger charge is -2.20. The zero-order valence-corrected chi connectivity index (χ0v) is 13.8. The highest BCUT2D eigenvalue weighted by Crippen LogP contribution is 2.32. The van der Waals surface area contributed by atoms with Gasteiger partial charge in [0.2, 0.25) is 0 Å². The fourth-order valence-corrected chi connectivity index (χ4v) is 3.05. The van der Waals surface area contributed by atoms with Crippen LogP contribution >= 0.6 is 0 Å². The van der Waals surface area contributed by atoms with Crippen molar-refractivity contribution in [2.75, 3.05) is 6.54 Å². The minimum absolute atomic E-state index is 0.0190. The average molecular weight is 367 g/mol. The van der Waals surface area contributed by atoms with E-state index in [0.717, 1.165) is 12.1 Å². The molecule has 138 valence electrons. The van der Waals surface area contributed by atoms with Crippen LogP contribution in [-0.4, -0.2) is 44.4 Å². The average Bonchev–Trinajstić information content (AvgIpc) is 3.20. The maximum absolute atomic E-state index is 12.9. The number of aromatic amines is 1. The second kappa shape index (κ2) is 6.47. The van der Waals surface area contributed by atoms with Crippen molar-refractivity contribution >= 4 is 11.9 Å². The largest absolute Gasteiger partial charge is 0.480 e. The molecule has 1 aromatic heterocycles. The van der Waals surface area contributed by atoms with Crippen LogP contribution in [-0.2, 0) is 11.0 Å². The maximum Gasteiger partial charge on any atom is 0.416 e. The van der Waals surface area contributed by atoms with Crippen LogP contribution in [0.1, 0.15) is 34.6 Å². The number of hydrogen-bond donors (Lipinski definition) is 2. The van der Waals surface area contributed by atoms with E-state index in [4.69, 9.17) is 0 Å². The van der Waals surface area contributed by atoms with Crippen molar-refractivity contribution < 1.29 is 27.9 Å². The number of hydrogen-bond acceptors (Lipinski definition) is 3. The summed E-state index contributed by atoms with van der Waals surface area (Å²) in [5.41, 5.74) is -0.232. The van der Waals surface area contributed by atoms with Crippen molar-refractivity contribution in [1.29, 1.82) is 0 Å². The Labute approximate surface area is 146 Å². The van der Waals surface area contributed by atoms with Crippen LogP contribution in [0, 0.1) is 6.92 Å². The molecule has 0 aliphatic carbocycles. The third-order valence-corrected chi connectivity index (χ3v) is 4.35. The van der Waals surface area contributed by atoms with E-state index in [9.17, 15) is 27.9 Å². The van der Waals surface area contributed by atoms with Crippen LogP contribution in [0.4, 0.5) is 13.2 Å². The number of halogens is 3. The Morgan fingerprint density at radius 3 is 2.73 bits per heavy atom. The van der Waals surface area contributed by atoms with E-state index in [0.29, 0.717) is 25.1 Å². The molecular formula is C17H16F3N3O3. The number of aromatic nitrogens is 2. The normalized spacial score (nSPS) is 17.5. The van der Waals surface area contributed by atoms with Gasteiger partial charge in [0.15, 0.2) is 0 Å². The predicted molar refractivity (Wildman–Crippen MR) is 85.5 cm³/mol. The molecule has 1 unspecified atom stereocenters. The second-order valence-corrected chi connectivity index (χ2v) is 6.13. The Morgan fingerprint density at radius 1 is 1.35 bits per heavy atom. The molecular weight excluding hydrogens is 351 g/mol. The number of nitrogens with zero attached hydrogens (tertiary/aromatic N) is 2. The molecule has 9 heteroatoms. The molecule has 1 aromatic carbocycles. The first kappa shape index (κ1) is 18.0. The van der Waals surface area contributed by atoms with Crippen LogP contribution in [0.3, 0.4) is 0 Å². The fourth-order valence-electron chi connectivity index (χ4n) is 3.05. The van der Waals surface area contributed by atoms with Gasteiger partial charge in [0, 0.05) is 17.8 Å². The summed E-state index contributed by atoms with van der Waals surface area (Å²) in [6.07, 6.45) is -3.54. The lowest BCUT2D eigenvalue weighted by atomic mass is 10.1. The molecule has 2 N–H and O–H groups in total. The topological polar surface area (TPSA) is 86.3 Å². The number of carbonyl (C=O) groups excluding carboxylic acids is 1. The van der Waals surface area contributed by atoms with Gasteiger partial charge in [-0.05, 0) is 31.9 Å². The van der Waals surface area contributed by atoms with Crippen molar-refractivity contribution in [3.63, 3.8) is 0 Å². The highest BCUT2D eigenvalue weighted by molar-refractivity contribution is 5.96. The minimum atomic E-state index is -4.49. The zero-order valence-electron chi connectivity index (χ0n) is 13.8. The Bertz CT molecular complexity index is 860. The van der Waals surface area contributed by atoms with Crippen LogP contribution in [0.5, 0.6) is 0 Å². The summed E-state index contributed by atoms with van der Waals surface area (Å²) in [4.78, 5) is 32.1. The van der Waals surface area contributed by atoms with Gasteiger partial charge in [0.25, 0.3) is 5.91 Å². The molecule has 0 spiro atoms. The number of benzene rings is 1. The maximum atomic E-state index is 12.9. The number of carbonyl (C=O) groups is 2. The molecule has 1 amide bonds. The van der Waals surface area contributed by atoms with E-state index < -0.39 is 29.7 Å². The molecule has 2 heterocycles. The number of aliphatic carboxylic acids is 1. The van der Waals surface area contributed by atoms with E-state index >= 15 is 0 Å². The molecule has 3 rings (SSSR count). The second-order valence-electron chi connectivity index (χ2n) is 6.13. The first-order valence-corrected chi connectivity index (χ1v) is 7.96. The molecule has 0 saturated carbocycles. The molecule has 1 atom stereocenters. The van der Waals surface area contributed by atoms with Gasteiger partial charge in [-0.2, -0.15) is 13.2 Å². The molecule has 0 bridgehead atoms. The summed E-state index contributed by atoms with van der Waals surface area (Å²) in [7, 11) is 0. The van der Waals surface area contributed by atoms with Gasteiger partial charge in [0.1, 0.15) is 17.6 Å². The predicted octanol–water partition coefficient (Wildman–Crippen LogP) is 3.09. The van der Waals surface area contributed by atoms with Gasteiger partial charge in [-0.3, -0.25) is 4.79 Å². The summed E-state index contributed by atoms with van der Waals surface area (Å²) < 4.78 is 38.6. The third-order valence-electron chi connectivity index (χ3n) is 4.35. The molecule has 0 radical (unpaired) electrons. The van der Waals surface area contributed by atoms with Crippen molar-refractivity contribution in [3.05, 3.63) is 41.2 Å². The molecule has 6 nitrogen and oxygen atoms in total. The molecule has 2 aromatic rings. The first-order valence-electron chi connectivity index (χ1n) is 7.96. The first-order chi connectivity index (χ1) is 12.2. The minimum Gasteiger partial charge on any atom is -0.480 e. The number of carboxylic acid groups (broad SMARTS) is 1. The van der Waals surface area contributed by atoms with Crippen LogP contribution in [0.25, 0.3) is 11.4 Å². The fraction of sp³-hybridized carbons (Fsp3) is 0.353. The van der Waals surface area contributed by atoms with Crippen molar-refractivity contribution in [2.24, 2.45) is 0 Å². The van der Waals surface area contributed by atoms with E-state index in [-0.39, 0.29) is 17.1 Å². The van der Waals surface area contributed by atoms with E-state index in [1.54, 1.807) is 6.92 Å². The van der Waals surface area contributed by atoms with Gasteiger partial charge >= 0.3 is 12.1 Å². The Kier molecular flexibility index (Phi) is 4.47. The molecule has 1 saturated heterocycles. The van der Waals surface area contributed by atoms with Gasteiger partial charge in [-0.15, -0.1) is 0 Å². The smallest absolute Gasteiger partial charge is 0.416 e. The summed E-state index contributed by atoms with van der Waals surface area (Å²) in [6, 6.07) is 3.71. The van der Waals surface area contributed by atoms with Crippen LogP contribution in [0.15, 0.2) is 24.3 Å². The Hall–Kier alpha value is -2.84. The SMILES string of the molecule is Cc1[nH]c(-c2cccc(C(F)(F)F)c2)nc1C(=O)N1CCCC1C(=O)O. The highest BCUT2D eigenvalue weighted by atomic mass is 19.4. The Balaban J connectivity index is 1.93. The summed E-state index contributed by atoms with van der Waals surface area (Å²) in [5, 5.41) is 9.21. The van der Waals surface area contributed by atoms with Gasteiger partial charge in [-0.25, -0.2) is 9.78 Å². The number of carboxylic acids is 1. The van der Waals surface area contributed by atoms with E-state index in [2.05, 4.69) is 9.97 Å². The van der Waals surface area contributed by atoms with Gasteiger partial charge in [0.05, 0.1) is 5.56 Å². The quantitative estimate of drug-likeness (QED) is 0.873.